The minimum atomic E-state index is -0.742. The fraction of sp³-hybridized carbons (Fsp3) is 0.333. The molecular weight excluding hydrogens is 406 g/mol. The van der Waals surface area contributed by atoms with Crippen LogP contribution < -0.4 is 5.32 Å². The Morgan fingerprint density at radius 1 is 0.968 bits per heavy atom. The van der Waals surface area contributed by atoms with Crippen molar-refractivity contribution in [2.45, 2.75) is 6.92 Å². The van der Waals surface area contributed by atoms with Crippen molar-refractivity contribution < 1.29 is 33.1 Å². The van der Waals surface area contributed by atoms with Crippen molar-refractivity contribution in [3.63, 3.8) is 0 Å². The van der Waals surface area contributed by atoms with Crippen LogP contribution in [0.3, 0.4) is 0 Å². The topological polar surface area (TPSA) is 118 Å². The zero-order valence-electron chi connectivity index (χ0n) is 17.0. The molecule has 2 heterocycles. The number of hydrogen-bond donors (Lipinski definition) is 1. The predicted molar refractivity (Wildman–Crippen MR) is 109 cm³/mol. The summed E-state index contributed by atoms with van der Waals surface area (Å²) in [5, 5.41) is 2.59. The highest BCUT2D eigenvalue weighted by Gasteiger charge is 2.26. The number of hydrogen-bond acceptors (Lipinski definition) is 7. The van der Waals surface area contributed by atoms with E-state index in [0.717, 1.165) is 0 Å². The van der Waals surface area contributed by atoms with E-state index in [9.17, 15) is 19.2 Å². The lowest BCUT2D eigenvalue weighted by Crippen LogP contribution is -2.51. The number of amides is 3. The van der Waals surface area contributed by atoms with Gasteiger partial charge in [0.05, 0.1) is 24.1 Å². The maximum absolute atomic E-state index is 12.5. The zero-order valence-corrected chi connectivity index (χ0v) is 17.0. The molecule has 0 saturated carbocycles. The maximum atomic E-state index is 12.5. The first kappa shape index (κ1) is 21.9. The van der Waals surface area contributed by atoms with Gasteiger partial charge in [0.25, 0.3) is 11.8 Å². The quantitative estimate of drug-likeness (QED) is 0.698. The van der Waals surface area contributed by atoms with Crippen LogP contribution in [0.4, 0.5) is 10.5 Å². The van der Waals surface area contributed by atoms with E-state index in [2.05, 4.69) is 5.32 Å². The first-order valence-electron chi connectivity index (χ1n) is 9.80. The van der Waals surface area contributed by atoms with Crippen molar-refractivity contribution in [3.05, 3.63) is 54.0 Å². The second-order valence-corrected chi connectivity index (χ2v) is 6.62. The normalized spacial score (nSPS) is 13.5. The smallest absolute Gasteiger partial charge is 0.409 e. The largest absolute Gasteiger partial charge is 0.459 e. The van der Waals surface area contributed by atoms with E-state index in [1.54, 1.807) is 31.2 Å². The van der Waals surface area contributed by atoms with Gasteiger partial charge in [-0.1, -0.05) is 12.1 Å². The van der Waals surface area contributed by atoms with Crippen molar-refractivity contribution in [1.82, 2.24) is 9.80 Å². The molecule has 3 rings (SSSR count). The monoisotopic (exact) mass is 429 g/mol. The molecular formula is C21H23N3O7. The Bertz CT molecular complexity index is 934. The van der Waals surface area contributed by atoms with E-state index in [1.807, 2.05) is 0 Å². The van der Waals surface area contributed by atoms with Crippen LogP contribution in [-0.4, -0.2) is 73.1 Å². The lowest BCUT2D eigenvalue weighted by molar-refractivity contribution is -0.136. The third-order valence-corrected chi connectivity index (χ3v) is 4.63. The van der Waals surface area contributed by atoms with Gasteiger partial charge in [0.1, 0.15) is 0 Å². The molecule has 0 radical (unpaired) electrons. The molecule has 0 bridgehead atoms. The van der Waals surface area contributed by atoms with Crippen molar-refractivity contribution in [2.75, 3.05) is 44.7 Å². The molecule has 0 unspecified atom stereocenters. The Balaban J connectivity index is 1.52. The Morgan fingerprint density at radius 3 is 2.35 bits per heavy atom. The molecule has 0 spiro atoms. The average molecular weight is 429 g/mol. The molecule has 1 saturated heterocycles. The Hall–Kier alpha value is -3.82. The molecule has 1 aromatic carbocycles. The van der Waals surface area contributed by atoms with Gasteiger partial charge in [0.15, 0.2) is 12.4 Å². The van der Waals surface area contributed by atoms with Crippen molar-refractivity contribution in [1.29, 1.82) is 0 Å². The minimum Gasteiger partial charge on any atom is -0.459 e. The number of rotatable bonds is 6. The van der Waals surface area contributed by atoms with Crippen molar-refractivity contribution in [2.24, 2.45) is 0 Å². The highest BCUT2D eigenvalue weighted by Crippen LogP contribution is 2.18. The minimum absolute atomic E-state index is 0.0975. The highest BCUT2D eigenvalue weighted by atomic mass is 16.6. The molecule has 10 heteroatoms. The zero-order chi connectivity index (χ0) is 22.2. The van der Waals surface area contributed by atoms with Crippen LogP contribution in [0.5, 0.6) is 0 Å². The van der Waals surface area contributed by atoms with Crippen LogP contribution >= 0.6 is 0 Å². The number of para-hydroxylation sites is 1. The number of esters is 1. The first-order valence-corrected chi connectivity index (χ1v) is 9.80. The molecule has 1 N–H and O–H groups in total. The van der Waals surface area contributed by atoms with Gasteiger partial charge >= 0.3 is 12.1 Å². The number of nitrogens with one attached hydrogen (secondary N) is 1. The Kier molecular flexibility index (Phi) is 7.26. The molecule has 2 aromatic rings. The van der Waals surface area contributed by atoms with E-state index in [0.29, 0.717) is 26.2 Å². The fourth-order valence-corrected chi connectivity index (χ4v) is 3.01. The average Bonchev–Trinajstić information content (AvgIpc) is 3.33. The van der Waals surface area contributed by atoms with Crippen LogP contribution in [0.15, 0.2) is 47.1 Å². The second kappa shape index (κ2) is 10.3. The lowest BCUT2D eigenvalue weighted by atomic mass is 10.1. The second-order valence-electron chi connectivity index (χ2n) is 6.62. The van der Waals surface area contributed by atoms with Crippen LogP contribution in [0.2, 0.25) is 0 Å². The van der Waals surface area contributed by atoms with E-state index in [4.69, 9.17) is 13.9 Å². The third kappa shape index (κ3) is 5.62. The maximum Gasteiger partial charge on any atom is 0.409 e. The van der Waals surface area contributed by atoms with E-state index >= 15 is 0 Å². The number of carbonyl (C=O) groups excluding carboxylic acids is 4. The fourth-order valence-electron chi connectivity index (χ4n) is 3.01. The summed E-state index contributed by atoms with van der Waals surface area (Å²) in [6.07, 6.45) is 0.960. The van der Waals surface area contributed by atoms with Crippen LogP contribution in [0.1, 0.15) is 27.8 Å². The third-order valence-electron chi connectivity index (χ3n) is 4.63. The number of nitrogens with zero attached hydrogens (tertiary/aromatic N) is 2. The predicted octanol–water partition coefficient (Wildman–Crippen LogP) is 1.99. The standard InChI is InChI=1S/C21H23N3O7/c1-2-29-21(28)24-11-9-23(10-12-24)18(25)14-31-20(27)15-6-3-4-7-16(15)22-19(26)17-8-5-13-30-17/h3-8,13H,2,9-12,14H2,1H3,(H,22,26). The highest BCUT2D eigenvalue weighted by molar-refractivity contribution is 6.06. The summed E-state index contributed by atoms with van der Waals surface area (Å²) >= 11 is 0. The van der Waals surface area contributed by atoms with Gasteiger partial charge in [-0.25, -0.2) is 9.59 Å². The molecule has 1 fully saturated rings. The van der Waals surface area contributed by atoms with Crippen LogP contribution in [-0.2, 0) is 14.3 Å². The van der Waals surface area contributed by atoms with Gasteiger partial charge in [-0.05, 0) is 31.2 Å². The molecule has 1 aliphatic rings. The first-order chi connectivity index (χ1) is 15.0. The lowest BCUT2D eigenvalue weighted by Gasteiger charge is -2.33. The number of benzene rings is 1. The van der Waals surface area contributed by atoms with Gasteiger partial charge in [-0.3, -0.25) is 9.59 Å². The molecule has 0 aliphatic carbocycles. The molecule has 1 aromatic heterocycles. The van der Waals surface area contributed by atoms with Gasteiger partial charge in [0.2, 0.25) is 0 Å². The molecule has 3 amide bonds. The summed E-state index contributed by atoms with van der Waals surface area (Å²) in [5.74, 6) is -1.52. The number of carbonyl (C=O) groups is 4. The number of furan rings is 1. The summed E-state index contributed by atoms with van der Waals surface area (Å²) in [7, 11) is 0. The molecule has 10 nitrogen and oxygen atoms in total. The van der Waals surface area contributed by atoms with Crippen molar-refractivity contribution in [3.8, 4) is 0 Å². The molecule has 164 valence electrons. The number of anilines is 1. The summed E-state index contributed by atoms with van der Waals surface area (Å²) in [5.41, 5.74) is 0.353. The van der Waals surface area contributed by atoms with Crippen LogP contribution in [0.25, 0.3) is 0 Å². The van der Waals surface area contributed by atoms with Gasteiger partial charge in [-0.2, -0.15) is 0 Å². The Labute approximate surface area is 178 Å². The molecule has 31 heavy (non-hydrogen) atoms. The van der Waals surface area contributed by atoms with Gasteiger partial charge in [-0.15, -0.1) is 0 Å². The van der Waals surface area contributed by atoms with Crippen LogP contribution in [0, 0.1) is 0 Å². The van der Waals surface area contributed by atoms with E-state index in [1.165, 1.54) is 28.2 Å². The summed E-state index contributed by atoms with van der Waals surface area (Å²) in [4.78, 5) is 51.8. The SMILES string of the molecule is CCOC(=O)N1CCN(C(=O)COC(=O)c2ccccc2NC(=O)c2ccco2)CC1. The number of ether oxygens (including phenoxy) is 2. The Morgan fingerprint density at radius 2 is 1.68 bits per heavy atom. The van der Waals surface area contributed by atoms with Crippen molar-refractivity contribution >= 4 is 29.6 Å². The van der Waals surface area contributed by atoms with E-state index < -0.39 is 24.6 Å². The molecule has 1 aliphatic heterocycles. The number of piperazine rings is 1. The summed E-state index contributed by atoms with van der Waals surface area (Å²) in [6, 6.07) is 9.39. The van der Waals surface area contributed by atoms with Gasteiger partial charge < -0.3 is 29.0 Å². The van der Waals surface area contributed by atoms with Gasteiger partial charge in [0, 0.05) is 26.2 Å². The summed E-state index contributed by atoms with van der Waals surface area (Å²) < 4.78 is 15.1. The summed E-state index contributed by atoms with van der Waals surface area (Å²) in [6.45, 7) is 2.92. The molecule has 0 atom stereocenters. The van der Waals surface area contributed by atoms with E-state index in [-0.39, 0.29) is 29.5 Å².